The van der Waals surface area contributed by atoms with E-state index < -0.39 is 6.10 Å². The van der Waals surface area contributed by atoms with Crippen molar-refractivity contribution in [1.82, 2.24) is 0 Å². The molecule has 1 aliphatic heterocycles. The number of hydrogen-bond donors (Lipinski definition) is 2. The van der Waals surface area contributed by atoms with Crippen LogP contribution in [0.5, 0.6) is 0 Å². The van der Waals surface area contributed by atoms with Crippen molar-refractivity contribution in [2.24, 2.45) is 0 Å². The van der Waals surface area contributed by atoms with E-state index in [-0.39, 0.29) is 11.9 Å². The third kappa shape index (κ3) is 4.95. The number of anilines is 1. The molecule has 5 heteroatoms. The monoisotopic (exact) mass is 297 g/mol. The van der Waals surface area contributed by atoms with Crippen LogP contribution in [0, 0.1) is 5.82 Å². The fraction of sp³-hybridized carbons (Fsp3) is 0.625. The fourth-order valence-corrected chi connectivity index (χ4v) is 2.67. The number of halogens is 1. The third-order valence-electron chi connectivity index (χ3n) is 3.81. The number of rotatable bonds is 6. The Balaban J connectivity index is 1.77. The lowest BCUT2D eigenvalue weighted by atomic mass is 10.2. The molecule has 0 unspecified atom stereocenters. The third-order valence-corrected chi connectivity index (χ3v) is 3.81. The molecule has 4 nitrogen and oxygen atoms in total. The van der Waals surface area contributed by atoms with Crippen LogP contribution in [-0.2, 0) is 4.74 Å². The van der Waals surface area contributed by atoms with Crippen LogP contribution in [0.4, 0.5) is 10.1 Å². The van der Waals surface area contributed by atoms with Gasteiger partial charge in [0.15, 0.2) is 0 Å². The molecule has 0 radical (unpaired) electrons. The lowest BCUT2D eigenvalue weighted by Gasteiger charge is -2.34. The molecule has 1 heterocycles. The molecule has 0 spiro atoms. The van der Waals surface area contributed by atoms with E-state index in [0.717, 1.165) is 26.2 Å². The van der Waals surface area contributed by atoms with Crippen molar-refractivity contribution in [3.63, 3.8) is 0 Å². The number of hydrogen-bond acceptors (Lipinski definition) is 3. The Morgan fingerprint density at radius 1 is 1.29 bits per heavy atom. The SMILES string of the molecule is CC(C)OC[C@H](O)C[NH+]1CCN(c2ccccc2F)CC1. The van der Waals surface area contributed by atoms with Gasteiger partial charge in [0, 0.05) is 0 Å². The number of quaternary nitrogens is 1. The summed E-state index contributed by atoms with van der Waals surface area (Å²) in [6.07, 6.45) is -0.282. The van der Waals surface area contributed by atoms with Crippen molar-refractivity contribution in [3.8, 4) is 0 Å². The molecule has 1 saturated heterocycles. The van der Waals surface area contributed by atoms with Gasteiger partial charge in [-0.1, -0.05) is 12.1 Å². The normalized spacial score (nSPS) is 18.2. The Kier molecular flexibility index (Phi) is 5.96. The van der Waals surface area contributed by atoms with Crippen molar-refractivity contribution in [3.05, 3.63) is 30.1 Å². The number of nitrogens with zero attached hydrogens (tertiary/aromatic N) is 1. The molecule has 2 N–H and O–H groups in total. The first kappa shape index (κ1) is 16.2. The number of ether oxygens (including phenoxy) is 1. The van der Waals surface area contributed by atoms with Crippen LogP contribution < -0.4 is 9.80 Å². The number of para-hydroxylation sites is 1. The first-order valence-corrected chi connectivity index (χ1v) is 7.69. The van der Waals surface area contributed by atoms with Gasteiger partial charge in [-0.3, -0.25) is 0 Å². The van der Waals surface area contributed by atoms with Crippen molar-refractivity contribution < 1.29 is 19.1 Å². The van der Waals surface area contributed by atoms with Crippen LogP contribution in [0.2, 0.25) is 0 Å². The number of piperazine rings is 1. The Hall–Kier alpha value is -1.17. The Morgan fingerprint density at radius 2 is 1.95 bits per heavy atom. The molecular formula is C16H26FN2O2+. The number of aliphatic hydroxyl groups is 1. The second kappa shape index (κ2) is 7.73. The van der Waals surface area contributed by atoms with Gasteiger partial charge in [0.2, 0.25) is 0 Å². The lowest BCUT2D eigenvalue weighted by Crippen LogP contribution is -3.16. The summed E-state index contributed by atoms with van der Waals surface area (Å²) in [6, 6.07) is 6.91. The van der Waals surface area contributed by atoms with Crippen LogP contribution in [0.15, 0.2) is 24.3 Å². The van der Waals surface area contributed by atoms with Crippen LogP contribution >= 0.6 is 0 Å². The highest BCUT2D eigenvalue weighted by Gasteiger charge is 2.23. The van der Waals surface area contributed by atoms with Gasteiger partial charge in [0.25, 0.3) is 0 Å². The molecule has 0 bridgehead atoms. The lowest BCUT2D eigenvalue weighted by molar-refractivity contribution is -0.903. The minimum Gasteiger partial charge on any atom is -0.385 e. The zero-order valence-corrected chi connectivity index (χ0v) is 12.9. The van der Waals surface area contributed by atoms with Gasteiger partial charge in [-0.05, 0) is 26.0 Å². The van der Waals surface area contributed by atoms with Crippen molar-refractivity contribution in [1.29, 1.82) is 0 Å². The largest absolute Gasteiger partial charge is 0.385 e. The van der Waals surface area contributed by atoms with E-state index >= 15 is 0 Å². The van der Waals surface area contributed by atoms with Crippen molar-refractivity contribution >= 4 is 5.69 Å². The maximum absolute atomic E-state index is 13.8. The number of benzene rings is 1. The second-order valence-electron chi connectivity index (χ2n) is 5.93. The molecule has 21 heavy (non-hydrogen) atoms. The summed E-state index contributed by atoms with van der Waals surface area (Å²) in [5.74, 6) is -0.161. The summed E-state index contributed by atoms with van der Waals surface area (Å²) in [5, 5.41) is 9.96. The quantitative estimate of drug-likeness (QED) is 0.794. The topological polar surface area (TPSA) is 37.1 Å². The molecule has 1 fully saturated rings. The summed E-state index contributed by atoms with van der Waals surface area (Å²) >= 11 is 0. The molecule has 1 aromatic carbocycles. The maximum Gasteiger partial charge on any atom is 0.146 e. The molecule has 1 aliphatic rings. The summed E-state index contributed by atoms with van der Waals surface area (Å²) in [5.41, 5.74) is 0.681. The summed E-state index contributed by atoms with van der Waals surface area (Å²) in [4.78, 5) is 3.43. The number of nitrogens with one attached hydrogen (secondary N) is 1. The van der Waals surface area contributed by atoms with Gasteiger partial charge in [0.05, 0.1) is 44.6 Å². The van der Waals surface area contributed by atoms with Crippen LogP contribution in [0.3, 0.4) is 0 Å². The highest BCUT2D eigenvalue weighted by atomic mass is 19.1. The summed E-state index contributed by atoms with van der Waals surface area (Å²) in [7, 11) is 0. The zero-order chi connectivity index (χ0) is 15.2. The van der Waals surface area contributed by atoms with Gasteiger partial charge in [-0.25, -0.2) is 4.39 Å². The number of aliphatic hydroxyl groups excluding tert-OH is 1. The van der Waals surface area contributed by atoms with E-state index in [4.69, 9.17) is 4.74 Å². The minimum atomic E-state index is -0.428. The average molecular weight is 297 g/mol. The molecule has 2 rings (SSSR count). The van der Waals surface area contributed by atoms with Gasteiger partial charge in [-0.2, -0.15) is 0 Å². The maximum atomic E-state index is 13.8. The molecule has 118 valence electrons. The molecule has 0 saturated carbocycles. The van der Waals surface area contributed by atoms with Crippen LogP contribution in [0.25, 0.3) is 0 Å². The van der Waals surface area contributed by atoms with E-state index in [1.165, 1.54) is 11.0 Å². The van der Waals surface area contributed by atoms with E-state index in [0.29, 0.717) is 18.8 Å². The highest BCUT2D eigenvalue weighted by Crippen LogP contribution is 2.18. The van der Waals surface area contributed by atoms with Crippen molar-refractivity contribution in [2.45, 2.75) is 26.1 Å². The second-order valence-corrected chi connectivity index (χ2v) is 5.93. The van der Waals surface area contributed by atoms with Gasteiger partial charge >= 0.3 is 0 Å². The molecule has 0 aromatic heterocycles. The van der Waals surface area contributed by atoms with E-state index in [9.17, 15) is 9.50 Å². The Bertz CT molecular complexity index is 434. The predicted octanol–water partition coefficient (Wildman–Crippen LogP) is 0.317. The van der Waals surface area contributed by atoms with E-state index in [1.807, 2.05) is 26.0 Å². The first-order chi connectivity index (χ1) is 10.1. The van der Waals surface area contributed by atoms with Gasteiger partial charge < -0.3 is 19.6 Å². The predicted molar refractivity (Wildman–Crippen MR) is 81.3 cm³/mol. The summed E-state index contributed by atoms with van der Waals surface area (Å²) in [6.45, 7) is 8.46. The molecular weight excluding hydrogens is 271 g/mol. The van der Waals surface area contributed by atoms with Crippen LogP contribution in [0.1, 0.15) is 13.8 Å². The Labute approximate surface area is 126 Å². The smallest absolute Gasteiger partial charge is 0.146 e. The summed E-state index contributed by atoms with van der Waals surface area (Å²) < 4.78 is 19.2. The Morgan fingerprint density at radius 3 is 2.57 bits per heavy atom. The molecule has 1 atom stereocenters. The van der Waals surface area contributed by atoms with Crippen LogP contribution in [-0.4, -0.2) is 56.6 Å². The molecule has 0 amide bonds. The molecule has 1 aromatic rings. The average Bonchev–Trinajstić information content (AvgIpc) is 2.47. The highest BCUT2D eigenvalue weighted by molar-refractivity contribution is 5.47. The van der Waals surface area contributed by atoms with E-state index in [1.54, 1.807) is 6.07 Å². The minimum absolute atomic E-state index is 0.146. The standard InChI is InChI=1S/C16H25FN2O2/c1-13(2)21-12-14(20)11-18-7-9-19(10-8-18)16-6-4-3-5-15(16)17/h3-6,13-14,20H,7-12H2,1-2H3/p+1/t14-/m1/s1. The molecule has 0 aliphatic carbocycles. The fourth-order valence-electron chi connectivity index (χ4n) is 2.67. The van der Waals surface area contributed by atoms with Crippen molar-refractivity contribution in [2.75, 3.05) is 44.2 Å². The van der Waals surface area contributed by atoms with E-state index in [2.05, 4.69) is 4.90 Å². The van der Waals surface area contributed by atoms with Gasteiger partial charge in [0.1, 0.15) is 18.5 Å². The zero-order valence-electron chi connectivity index (χ0n) is 12.9. The first-order valence-electron chi connectivity index (χ1n) is 7.69. The van der Waals surface area contributed by atoms with Gasteiger partial charge in [-0.15, -0.1) is 0 Å².